The Labute approximate surface area is 97.3 Å². The third kappa shape index (κ3) is 2.38. The number of hydrogen-bond acceptors (Lipinski definition) is 2. The highest BCUT2D eigenvalue weighted by Gasteiger charge is 2.12. The highest BCUT2D eigenvalue weighted by Crippen LogP contribution is 2.23. The molecule has 2 nitrogen and oxygen atoms in total. The van der Waals surface area contributed by atoms with E-state index < -0.39 is 11.9 Å². The van der Waals surface area contributed by atoms with Crippen LogP contribution in [0.2, 0.25) is 5.02 Å². The molecule has 0 fully saturated rings. The Kier molecular flexibility index (Phi) is 3.17. The third-order valence-electron chi connectivity index (χ3n) is 2.17. The van der Waals surface area contributed by atoms with Crippen LogP contribution in [0.25, 0.3) is 0 Å². The maximum absolute atomic E-state index is 13.1. The first-order chi connectivity index (χ1) is 7.66. The van der Waals surface area contributed by atoms with Crippen molar-refractivity contribution in [2.24, 2.45) is 0 Å². The third-order valence-corrected chi connectivity index (χ3v) is 2.39. The molecule has 0 saturated carbocycles. The molecular weight excluding hydrogens is 229 g/mol. The molecule has 82 valence electrons. The smallest absolute Gasteiger partial charge is 0.125 e. The summed E-state index contributed by atoms with van der Waals surface area (Å²) in [6.07, 6.45) is 0.605. The SMILES string of the molecule is O[C@@H](c1cc(F)cc(Cl)c1)c1ccccn1. The lowest BCUT2D eigenvalue weighted by Gasteiger charge is -2.10. The van der Waals surface area contributed by atoms with Gasteiger partial charge in [0.1, 0.15) is 11.9 Å². The van der Waals surface area contributed by atoms with Crippen LogP contribution in [0.4, 0.5) is 4.39 Å². The van der Waals surface area contributed by atoms with Gasteiger partial charge in [0.15, 0.2) is 0 Å². The van der Waals surface area contributed by atoms with E-state index in [1.54, 1.807) is 24.4 Å². The molecule has 0 unspecified atom stereocenters. The van der Waals surface area contributed by atoms with Crippen LogP contribution in [0.15, 0.2) is 42.6 Å². The standard InChI is InChI=1S/C12H9ClFNO/c13-9-5-8(6-10(14)7-9)12(16)11-3-1-2-4-15-11/h1-7,12,16H/t12-/m0/s1. The Bertz CT molecular complexity index is 469. The number of aromatic nitrogens is 1. The Hall–Kier alpha value is -1.45. The van der Waals surface area contributed by atoms with Gasteiger partial charge in [-0.05, 0) is 35.9 Å². The molecule has 1 aromatic carbocycles. The molecule has 16 heavy (non-hydrogen) atoms. The summed E-state index contributed by atoms with van der Waals surface area (Å²) >= 11 is 5.71. The molecule has 0 amide bonds. The van der Waals surface area contributed by atoms with Crippen LogP contribution in [0.1, 0.15) is 17.4 Å². The number of benzene rings is 1. The number of aliphatic hydroxyl groups excluding tert-OH is 1. The summed E-state index contributed by atoms with van der Waals surface area (Å²) in [5, 5.41) is 10.2. The van der Waals surface area contributed by atoms with Crippen LogP contribution in [0.5, 0.6) is 0 Å². The number of nitrogens with zero attached hydrogens (tertiary/aromatic N) is 1. The van der Waals surface area contributed by atoms with Gasteiger partial charge in [0.25, 0.3) is 0 Å². The van der Waals surface area contributed by atoms with Crippen LogP contribution >= 0.6 is 11.6 Å². The fraction of sp³-hybridized carbons (Fsp3) is 0.0833. The Morgan fingerprint density at radius 3 is 2.69 bits per heavy atom. The fourth-order valence-corrected chi connectivity index (χ4v) is 1.67. The summed E-state index contributed by atoms with van der Waals surface area (Å²) in [6, 6.07) is 9.12. The minimum absolute atomic E-state index is 0.255. The molecule has 1 atom stereocenters. The minimum Gasteiger partial charge on any atom is -0.382 e. The van der Waals surface area contributed by atoms with Crippen LogP contribution in [0.3, 0.4) is 0 Å². The summed E-state index contributed by atoms with van der Waals surface area (Å²) < 4.78 is 13.1. The highest BCUT2D eigenvalue weighted by molar-refractivity contribution is 6.30. The Balaban J connectivity index is 2.37. The average Bonchev–Trinajstić information content (AvgIpc) is 2.28. The second kappa shape index (κ2) is 4.60. The number of halogens is 2. The molecule has 2 aromatic rings. The van der Waals surface area contributed by atoms with E-state index in [1.165, 1.54) is 18.2 Å². The second-order valence-corrected chi connectivity index (χ2v) is 3.80. The predicted molar refractivity (Wildman–Crippen MR) is 59.7 cm³/mol. The fourth-order valence-electron chi connectivity index (χ4n) is 1.44. The van der Waals surface area contributed by atoms with E-state index in [-0.39, 0.29) is 5.02 Å². The number of aliphatic hydroxyl groups is 1. The summed E-state index contributed by atoms with van der Waals surface area (Å²) in [4.78, 5) is 4.00. The molecular formula is C12H9ClFNO. The van der Waals surface area contributed by atoms with E-state index in [1.807, 2.05) is 0 Å². The topological polar surface area (TPSA) is 33.1 Å². The monoisotopic (exact) mass is 237 g/mol. The first kappa shape index (κ1) is 11.0. The van der Waals surface area contributed by atoms with Gasteiger partial charge < -0.3 is 5.11 Å². The Morgan fingerprint density at radius 2 is 2.06 bits per heavy atom. The lowest BCUT2D eigenvalue weighted by Crippen LogP contribution is -2.02. The van der Waals surface area contributed by atoms with Crippen molar-refractivity contribution < 1.29 is 9.50 Å². The molecule has 0 bridgehead atoms. The van der Waals surface area contributed by atoms with Crippen LogP contribution in [-0.4, -0.2) is 10.1 Å². The zero-order valence-electron chi connectivity index (χ0n) is 8.27. The number of hydrogen-bond donors (Lipinski definition) is 1. The van der Waals surface area contributed by atoms with Crippen molar-refractivity contribution in [2.45, 2.75) is 6.10 Å². The van der Waals surface area contributed by atoms with Gasteiger partial charge in [0.05, 0.1) is 5.69 Å². The van der Waals surface area contributed by atoms with Gasteiger partial charge in [0, 0.05) is 11.2 Å². The molecule has 1 heterocycles. The maximum atomic E-state index is 13.1. The number of rotatable bonds is 2. The van der Waals surface area contributed by atoms with Gasteiger partial charge in [0.2, 0.25) is 0 Å². The van der Waals surface area contributed by atoms with Crippen molar-refractivity contribution >= 4 is 11.6 Å². The first-order valence-corrected chi connectivity index (χ1v) is 5.09. The molecule has 0 radical (unpaired) electrons. The lowest BCUT2D eigenvalue weighted by atomic mass is 10.1. The molecule has 1 aromatic heterocycles. The average molecular weight is 238 g/mol. The molecule has 0 spiro atoms. The van der Waals surface area contributed by atoms with Crippen LogP contribution in [-0.2, 0) is 0 Å². The molecule has 0 aliphatic carbocycles. The quantitative estimate of drug-likeness (QED) is 0.871. The van der Waals surface area contributed by atoms with E-state index in [0.29, 0.717) is 11.3 Å². The molecule has 2 rings (SSSR count). The van der Waals surface area contributed by atoms with Crippen molar-refractivity contribution in [1.82, 2.24) is 4.98 Å². The van der Waals surface area contributed by atoms with Crippen molar-refractivity contribution in [1.29, 1.82) is 0 Å². The zero-order chi connectivity index (χ0) is 11.5. The first-order valence-electron chi connectivity index (χ1n) is 4.72. The molecule has 0 saturated heterocycles. The summed E-state index contributed by atoms with van der Waals surface area (Å²) in [7, 11) is 0. The summed E-state index contributed by atoms with van der Waals surface area (Å²) in [5.41, 5.74) is 0.855. The van der Waals surface area contributed by atoms with Gasteiger partial charge in [-0.3, -0.25) is 4.98 Å². The van der Waals surface area contributed by atoms with E-state index >= 15 is 0 Å². The van der Waals surface area contributed by atoms with Crippen molar-refractivity contribution in [3.05, 3.63) is 64.7 Å². The van der Waals surface area contributed by atoms with E-state index in [9.17, 15) is 9.50 Å². The van der Waals surface area contributed by atoms with Gasteiger partial charge in [-0.25, -0.2) is 4.39 Å². The molecule has 0 aliphatic rings. The lowest BCUT2D eigenvalue weighted by molar-refractivity contribution is 0.215. The van der Waals surface area contributed by atoms with Gasteiger partial charge in [-0.15, -0.1) is 0 Å². The van der Waals surface area contributed by atoms with Crippen LogP contribution in [0, 0.1) is 5.82 Å². The minimum atomic E-state index is -0.964. The number of pyridine rings is 1. The van der Waals surface area contributed by atoms with Gasteiger partial charge >= 0.3 is 0 Å². The zero-order valence-corrected chi connectivity index (χ0v) is 9.03. The van der Waals surface area contributed by atoms with Gasteiger partial charge in [-0.1, -0.05) is 17.7 Å². The van der Waals surface area contributed by atoms with Crippen LogP contribution < -0.4 is 0 Å². The van der Waals surface area contributed by atoms with Crippen molar-refractivity contribution in [3.63, 3.8) is 0 Å². The van der Waals surface area contributed by atoms with Crippen molar-refractivity contribution in [2.75, 3.05) is 0 Å². The predicted octanol–water partition coefficient (Wildman–Crippen LogP) is 2.96. The normalized spacial score (nSPS) is 12.4. The summed E-state index contributed by atoms with van der Waals surface area (Å²) in [5.74, 6) is -0.475. The van der Waals surface area contributed by atoms with E-state index in [0.717, 1.165) is 0 Å². The molecule has 4 heteroatoms. The molecule has 0 aliphatic heterocycles. The van der Waals surface area contributed by atoms with Gasteiger partial charge in [-0.2, -0.15) is 0 Å². The van der Waals surface area contributed by atoms with E-state index in [4.69, 9.17) is 11.6 Å². The second-order valence-electron chi connectivity index (χ2n) is 3.36. The molecule has 1 N–H and O–H groups in total. The maximum Gasteiger partial charge on any atom is 0.125 e. The highest BCUT2D eigenvalue weighted by atomic mass is 35.5. The van der Waals surface area contributed by atoms with Crippen molar-refractivity contribution in [3.8, 4) is 0 Å². The summed E-state index contributed by atoms with van der Waals surface area (Å²) in [6.45, 7) is 0. The largest absolute Gasteiger partial charge is 0.382 e. The Morgan fingerprint density at radius 1 is 1.25 bits per heavy atom. The van der Waals surface area contributed by atoms with E-state index in [2.05, 4.69) is 4.98 Å².